The molecule has 0 aliphatic carbocycles. The molecule has 0 aliphatic rings. The molecule has 0 radical (unpaired) electrons. The molecule has 1 N–H and O–H groups in total. The van der Waals surface area contributed by atoms with Gasteiger partial charge in [-0.3, -0.25) is 4.79 Å². The molecule has 0 spiro atoms. The largest absolute Gasteiger partial charge is 0.338 e. The van der Waals surface area contributed by atoms with Crippen molar-refractivity contribution in [2.24, 2.45) is 0 Å². The number of hydrogen-bond acceptors (Lipinski definition) is 2. The van der Waals surface area contributed by atoms with E-state index in [0.29, 0.717) is 17.9 Å². The van der Waals surface area contributed by atoms with Gasteiger partial charge in [-0.25, -0.2) is 4.98 Å². The number of fused-ring (bicyclic) bond motifs is 1. The zero-order chi connectivity index (χ0) is 16.5. The van der Waals surface area contributed by atoms with Crippen LogP contribution >= 0.6 is 15.9 Å². The molecule has 4 aromatic rings. The molecule has 5 heteroatoms. The Labute approximate surface area is 146 Å². The fourth-order valence-electron chi connectivity index (χ4n) is 2.68. The van der Waals surface area contributed by atoms with Gasteiger partial charge in [0.1, 0.15) is 5.82 Å². The van der Waals surface area contributed by atoms with E-state index >= 15 is 0 Å². The molecule has 2 heterocycles. The molecule has 0 bridgehead atoms. The van der Waals surface area contributed by atoms with Crippen molar-refractivity contribution in [3.8, 4) is 11.4 Å². The van der Waals surface area contributed by atoms with Crippen molar-refractivity contribution in [1.29, 1.82) is 0 Å². The van der Waals surface area contributed by atoms with Gasteiger partial charge < -0.3 is 9.55 Å². The van der Waals surface area contributed by atoms with Crippen molar-refractivity contribution in [3.63, 3.8) is 0 Å². The van der Waals surface area contributed by atoms with Crippen LogP contribution in [0.1, 0.15) is 5.56 Å². The highest BCUT2D eigenvalue weighted by Crippen LogP contribution is 2.18. The van der Waals surface area contributed by atoms with Crippen molar-refractivity contribution >= 4 is 27.0 Å². The van der Waals surface area contributed by atoms with Crippen LogP contribution in [-0.4, -0.2) is 14.5 Å². The van der Waals surface area contributed by atoms with Crippen LogP contribution in [-0.2, 0) is 6.54 Å². The predicted molar refractivity (Wildman–Crippen MR) is 99.0 cm³/mol. The summed E-state index contributed by atoms with van der Waals surface area (Å²) < 4.78 is 2.70. The van der Waals surface area contributed by atoms with Crippen molar-refractivity contribution < 1.29 is 0 Å². The zero-order valence-electron chi connectivity index (χ0n) is 12.7. The van der Waals surface area contributed by atoms with Gasteiger partial charge in [-0.15, -0.1) is 0 Å². The zero-order valence-corrected chi connectivity index (χ0v) is 14.3. The molecule has 118 valence electrons. The van der Waals surface area contributed by atoms with E-state index in [9.17, 15) is 4.79 Å². The van der Waals surface area contributed by atoms with Crippen molar-refractivity contribution in [2.75, 3.05) is 0 Å². The van der Waals surface area contributed by atoms with E-state index in [0.717, 1.165) is 21.1 Å². The number of benzene rings is 2. The number of halogens is 1. The summed E-state index contributed by atoms with van der Waals surface area (Å²) in [5.41, 5.74) is 3.17. The van der Waals surface area contributed by atoms with Gasteiger partial charge >= 0.3 is 0 Å². The van der Waals surface area contributed by atoms with Gasteiger partial charge in [0.2, 0.25) is 0 Å². The summed E-state index contributed by atoms with van der Waals surface area (Å²) in [5, 5.41) is 0. The van der Waals surface area contributed by atoms with E-state index in [4.69, 9.17) is 0 Å². The van der Waals surface area contributed by atoms with Crippen LogP contribution in [0.3, 0.4) is 0 Å². The Morgan fingerprint density at radius 2 is 1.75 bits per heavy atom. The summed E-state index contributed by atoms with van der Waals surface area (Å²) in [4.78, 5) is 20.4. The lowest BCUT2D eigenvalue weighted by Crippen LogP contribution is -2.20. The summed E-state index contributed by atoms with van der Waals surface area (Å²) >= 11 is 3.42. The van der Waals surface area contributed by atoms with E-state index in [1.165, 1.54) is 0 Å². The molecule has 4 rings (SSSR count). The quantitative estimate of drug-likeness (QED) is 0.579. The van der Waals surface area contributed by atoms with E-state index < -0.39 is 0 Å². The maximum Gasteiger partial charge on any atom is 0.278 e. The number of aromatic amines is 1. The number of imidazole rings is 1. The van der Waals surface area contributed by atoms with Gasteiger partial charge in [0.05, 0.1) is 12.1 Å². The average Bonchev–Trinajstić information content (AvgIpc) is 3.05. The SMILES string of the molecule is O=c1c2nc(-c3ccccc3)[nH]c2ccn1Cc1ccc(Br)cc1. The van der Waals surface area contributed by atoms with Crippen LogP contribution in [0.4, 0.5) is 0 Å². The molecule has 2 aromatic heterocycles. The molecular formula is C19H14BrN3O. The monoisotopic (exact) mass is 379 g/mol. The van der Waals surface area contributed by atoms with E-state index in [1.54, 1.807) is 10.8 Å². The summed E-state index contributed by atoms with van der Waals surface area (Å²) in [6.45, 7) is 0.523. The van der Waals surface area contributed by atoms with Gasteiger partial charge in [-0.05, 0) is 23.8 Å². The van der Waals surface area contributed by atoms with Crippen molar-refractivity contribution in [3.05, 3.63) is 87.3 Å². The summed E-state index contributed by atoms with van der Waals surface area (Å²) in [5.74, 6) is 0.712. The van der Waals surface area contributed by atoms with Gasteiger partial charge in [-0.1, -0.05) is 58.4 Å². The van der Waals surface area contributed by atoms with Crippen LogP contribution in [0, 0.1) is 0 Å². The minimum absolute atomic E-state index is 0.0890. The lowest BCUT2D eigenvalue weighted by molar-refractivity contribution is 0.766. The Bertz CT molecular complexity index is 1050. The van der Waals surface area contributed by atoms with Crippen LogP contribution in [0.2, 0.25) is 0 Å². The first kappa shape index (κ1) is 14.9. The minimum atomic E-state index is -0.0890. The second kappa shape index (κ2) is 6.09. The first-order valence-corrected chi connectivity index (χ1v) is 8.39. The molecule has 0 aliphatic heterocycles. The van der Waals surface area contributed by atoms with Crippen LogP contribution in [0.15, 0.2) is 76.1 Å². The molecule has 0 atom stereocenters. The third kappa shape index (κ3) is 2.78. The third-order valence-electron chi connectivity index (χ3n) is 3.93. The smallest absolute Gasteiger partial charge is 0.278 e. The predicted octanol–water partition coefficient (Wildman–Crippen LogP) is 4.20. The van der Waals surface area contributed by atoms with Crippen molar-refractivity contribution in [2.45, 2.75) is 6.54 Å². The number of aromatic nitrogens is 3. The summed E-state index contributed by atoms with van der Waals surface area (Å²) in [6.07, 6.45) is 1.81. The minimum Gasteiger partial charge on any atom is -0.338 e. The Balaban J connectivity index is 1.75. The molecular weight excluding hydrogens is 366 g/mol. The average molecular weight is 380 g/mol. The molecule has 0 amide bonds. The highest BCUT2D eigenvalue weighted by molar-refractivity contribution is 9.10. The number of rotatable bonds is 3. The lowest BCUT2D eigenvalue weighted by atomic mass is 10.2. The third-order valence-corrected chi connectivity index (χ3v) is 4.46. The van der Waals surface area contributed by atoms with Crippen LogP contribution in [0.5, 0.6) is 0 Å². The summed E-state index contributed by atoms with van der Waals surface area (Å²) in [6, 6.07) is 19.6. The number of nitrogens with zero attached hydrogens (tertiary/aromatic N) is 2. The molecule has 24 heavy (non-hydrogen) atoms. The number of H-pyrrole nitrogens is 1. The van der Waals surface area contributed by atoms with Gasteiger partial charge in [0, 0.05) is 16.2 Å². The Kier molecular flexibility index (Phi) is 3.78. The standard InChI is InChI=1S/C19H14BrN3O/c20-15-8-6-13(7-9-15)12-23-11-10-16-17(19(23)24)22-18(21-16)14-4-2-1-3-5-14/h1-11H,12H2,(H,21,22). The summed E-state index contributed by atoms with van der Waals surface area (Å²) in [7, 11) is 0. The molecule has 0 saturated heterocycles. The maximum atomic E-state index is 12.7. The first-order chi connectivity index (χ1) is 11.7. The second-order valence-electron chi connectivity index (χ2n) is 5.59. The van der Waals surface area contributed by atoms with Crippen LogP contribution < -0.4 is 5.56 Å². The molecule has 0 saturated carbocycles. The van der Waals surface area contributed by atoms with E-state index in [-0.39, 0.29) is 5.56 Å². The number of hydrogen-bond donors (Lipinski definition) is 1. The maximum absolute atomic E-state index is 12.7. The number of pyridine rings is 1. The van der Waals surface area contributed by atoms with Gasteiger partial charge in [0.25, 0.3) is 5.56 Å². The van der Waals surface area contributed by atoms with E-state index in [1.807, 2.05) is 60.7 Å². The molecule has 4 nitrogen and oxygen atoms in total. The number of nitrogens with one attached hydrogen (secondary N) is 1. The van der Waals surface area contributed by atoms with E-state index in [2.05, 4.69) is 25.9 Å². The molecule has 2 aromatic carbocycles. The Morgan fingerprint density at radius 3 is 2.50 bits per heavy atom. The highest BCUT2D eigenvalue weighted by atomic mass is 79.9. The van der Waals surface area contributed by atoms with Gasteiger partial charge in [0.15, 0.2) is 5.52 Å². The molecule has 0 unspecified atom stereocenters. The highest BCUT2D eigenvalue weighted by Gasteiger charge is 2.10. The topological polar surface area (TPSA) is 50.7 Å². The Hall–Kier alpha value is -2.66. The van der Waals surface area contributed by atoms with Crippen LogP contribution in [0.25, 0.3) is 22.4 Å². The first-order valence-electron chi connectivity index (χ1n) is 7.60. The fourth-order valence-corrected chi connectivity index (χ4v) is 2.95. The normalized spacial score (nSPS) is 11.0. The molecule has 0 fully saturated rings. The van der Waals surface area contributed by atoms with Gasteiger partial charge in [-0.2, -0.15) is 0 Å². The fraction of sp³-hybridized carbons (Fsp3) is 0.0526. The lowest BCUT2D eigenvalue weighted by Gasteiger charge is -2.05. The van der Waals surface area contributed by atoms with Crippen molar-refractivity contribution in [1.82, 2.24) is 14.5 Å². The second-order valence-corrected chi connectivity index (χ2v) is 6.50. The Morgan fingerprint density at radius 1 is 1.00 bits per heavy atom.